The molecule has 4 nitrogen and oxygen atoms in total. The standard InChI is InChI=1S/C15H17NO3S/c1-3-7-19-14-5-4-12(9-15(14)17-2)16-6-8-18-10-13(16)11-20/h4-5,9,11,13H,6,8,10H2,1-2H3. The predicted octanol–water partition coefficient (Wildman–Crippen LogP) is 2.26. The van der Waals surface area contributed by atoms with Crippen molar-refractivity contribution in [1.29, 1.82) is 0 Å². The topological polar surface area (TPSA) is 30.9 Å². The third-order valence-electron chi connectivity index (χ3n) is 3.06. The molecule has 1 aromatic carbocycles. The number of ether oxygens (including phenoxy) is 3. The second-order valence-electron chi connectivity index (χ2n) is 4.26. The molecule has 0 saturated carbocycles. The van der Waals surface area contributed by atoms with Crippen molar-refractivity contribution < 1.29 is 14.2 Å². The van der Waals surface area contributed by atoms with E-state index in [0.717, 1.165) is 12.2 Å². The molecule has 0 aliphatic carbocycles. The molecule has 5 heteroatoms. The molecule has 1 aliphatic rings. The third kappa shape index (κ3) is 3.21. The number of hydrogen-bond acceptors (Lipinski definition) is 5. The molecule has 20 heavy (non-hydrogen) atoms. The summed E-state index contributed by atoms with van der Waals surface area (Å²) in [6.45, 7) is 3.83. The van der Waals surface area contributed by atoms with Crippen molar-refractivity contribution in [3.63, 3.8) is 0 Å². The number of benzene rings is 1. The second-order valence-corrected chi connectivity index (χ2v) is 4.53. The summed E-state index contributed by atoms with van der Waals surface area (Å²) >= 11 is 5.07. The van der Waals surface area contributed by atoms with Gasteiger partial charge in [0.05, 0.1) is 26.4 Å². The Kier molecular flexibility index (Phi) is 5.22. The molecule has 1 aromatic rings. The number of rotatable bonds is 4. The number of hydrogen-bond donors (Lipinski definition) is 0. The molecule has 0 spiro atoms. The van der Waals surface area contributed by atoms with Gasteiger partial charge in [-0.25, -0.2) is 0 Å². The Morgan fingerprint density at radius 1 is 1.45 bits per heavy atom. The molecule has 2 rings (SSSR count). The van der Waals surface area contributed by atoms with Gasteiger partial charge in [0.1, 0.15) is 6.11 Å². The lowest BCUT2D eigenvalue weighted by molar-refractivity contribution is 0.111. The highest BCUT2D eigenvalue weighted by atomic mass is 32.1. The molecule has 0 amide bonds. The summed E-state index contributed by atoms with van der Waals surface area (Å²) in [6.07, 6.45) is 2.57. The van der Waals surface area contributed by atoms with Crippen molar-refractivity contribution in [1.82, 2.24) is 0 Å². The van der Waals surface area contributed by atoms with Gasteiger partial charge in [-0.1, -0.05) is 18.1 Å². The van der Waals surface area contributed by atoms with E-state index in [4.69, 9.17) is 26.4 Å². The first-order valence-electron chi connectivity index (χ1n) is 6.36. The minimum Gasteiger partial charge on any atom is -0.493 e. The Bertz CT molecular complexity index is 536. The van der Waals surface area contributed by atoms with Gasteiger partial charge < -0.3 is 19.1 Å². The zero-order chi connectivity index (χ0) is 14.4. The van der Waals surface area contributed by atoms with Gasteiger partial charge in [-0.3, -0.25) is 0 Å². The molecule has 1 saturated heterocycles. The van der Waals surface area contributed by atoms with Crippen LogP contribution in [0.3, 0.4) is 0 Å². The van der Waals surface area contributed by atoms with E-state index in [0.29, 0.717) is 24.7 Å². The highest BCUT2D eigenvalue weighted by molar-refractivity contribution is 7.79. The zero-order valence-electron chi connectivity index (χ0n) is 11.6. The molecule has 1 fully saturated rings. The van der Waals surface area contributed by atoms with Gasteiger partial charge in [-0.05, 0) is 12.1 Å². The van der Waals surface area contributed by atoms with Gasteiger partial charge in [-0.15, -0.1) is 0 Å². The molecule has 106 valence electrons. The summed E-state index contributed by atoms with van der Waals surface area (Å²) in [5.41, 5.74) is 1.04. The number of methoxy groups -OCH3 is 1. The average molecular weight is 291 g/mol. The normalized spacial score (nSPS) is 17.9. The summed E-state index contributed by atoms with van der Waals surface area (Å²) in [5, 5.41) is 1.73. The largest absolute Gasteiger partial charge is 0.493 e. The van der Waals surface area contributed by atoms with Crippen LogP contribution >= 0.6 is 12.2 Å². The van der Waals surface area contributed by atoms with E-state index in [9.17, 15) is 0 Å². The van der Waals surface area contributed by atoms with Crippen molar-refractivity contribution in [2.45, 2.75) is 13.0 Å². The van der Waals surface area contributed by atoms with Crippen molar-refractivity contribution in [3.8, 4) is 23.5 Å². The van der Waals surface area contributed by atoms with Gasteiger partial charge in [0, 0.05) is 30.6 Å². The van der Waals surface area contributed by atoms with Gasteiger partial charge in [-0.2, -0.15) is 0 Å². The van der Waals surface area contributed by atoms with Crippen LogP contribution in [-0.2, 0) is 4.74 Å². The molecule has 1 unspecified atom stereocenters. The van der Waals surface area contributed by atoms with Gasteiger partial charge >= 0.3 is 0 Å². The Morgan fingerprint density at radius 3 is 3.00 bits per heavy atom. The molecule has 1 atom stereocenters. The fraction of sp³-hybridized carbons (Fsp3) is 0.400. The minimum atomic E-state index is 0.102. The first-order chi connectivity index (χ1) is 9.80. The monoisotopic (exact) mass is 291 g/mol. The van der Waals surface area contributed by atoms with Crippen LogP contribution in [0.1, 0.15) is 6.92 Å². The van der Waals surface area contributed by atoms with Crippen LogP contribution in [0.15, 0.2) is 18.2 Å². The quantitative estimate of drug-likeness (QED) is 0.627. The SMILES string of the molecule is CC#COc1ccc(N2CCOCC2C=S)cc1OC. The zero-order valence-corrected chi connectivity index (χ0v) is 12.4. The van der Waals surface area contributed by atoms with Crippen LogP contribution < -0.4 is 14.4 Å². The molecule has 0 bridgehead atoms. The maximum absolute atomic E-state index is 5.44. The second kappa shape index (κ2) is 7.13. The van der Waals surface area contributed by atoms with E-state index < -0.39 is 0 Å². The summed E-state index contributed by atoms with van der Waals surface area (Å²) in [4.78, 5) is 2.20. The summed E-state index contributed by atoms with van der Waals surface area (Å²) in [7, 11) is 1.61. The molecule has 1 aliphatic heterocycles. The van der Waals surface area contributed by atoms with Crippen LogP contribution in [0.4, 0.5) is 5.69 Å². The first-order valence-corrected chi connectivity index (χ1v) is 6.83. The molecular weight excluding hydrogens is 274 g/mol. The Balaban J connectivity index is 2.27. The number of anilines is 1. The van der Waals surface area contributed by atoms with Crippen molar-refractivity contribution >= 4 is 23.3 Å². The number of nitrogens with zero attached hydrogens (tertiary/aromatic N) is 1. The fourth-order valence-electron chi connectivity index (χ4n) is 2.08. The fourth-order valence-corrected chi connectivity index (χ4v) is 2.31. The Hall–Kier alpha value is -1.77. The number of thiocarbonyl (C=S) groups is 1. The van der Waals surface area contributed by atoms with Gasteiger partial charge in [0.15, 0.2) is 11.5 Å². The molecule has 0 radical (unpaired) electrons. The highest BCUT2D eigenvalue weighted by Crippen LogP contribution is 2.32. The summed E-state index contributed by atoms with van der Waals surface area (Å²) in [5.74, 6) is 3.95. The van der Waals surface area contributed by atoms with Gasteiger partial charge in [0.2, 0.25) is 0 Å². The van der Waals surface area contributed by atoms with Crippen molar-refractivity contribution in [2.75, 3.05) is 31.8 Å². The van der Waals surface area contributed by atoms with Crippen LogP contribution in [0.2, 0.25) is 0 Å². The molecular formula is C15H17NO3S. The average Bonchev–Trinajstić information content (AvgIpc) is 2.52. The first kappa shape index (κ1) is 14.6. The van der Waals surface area contributed by atoms with E-state index in [1.807, 2.05) is 18.2 Å². The van der Waals surface area contributed by atoms with E-state index in [1.165, 1.54) is 0 Å². The maximum Gasteiger partial charge on any atom is 0.182 e. The lowest BCUT2D eigenvalue weighted by Crippen LogP contribution is -2.46. The van der Waals surface area contributed by atoms with Crippen molar-refractivity contribution in [3.05, 3.63) is 18.2 Å². The third-order valence-corrected chi connectivity index (χ3v) is 3.38. The van der Waals surface area contributed by atoms with Gasteiger partial charge in [0.25, 0.3) is 0 Å². The maximum atomic E-state index is 5.44. The van der Waals surface area contributed by atoms with Crippen LogP contribution in [-0.4, -0.2) is 38.3 Å². The van der Waals surface area contributed by atoms with E-state index in [-0.39, 0.29) is 6.04 Å². The highest BCUT2D eigenvalue weighted by Gasteiger charge is 2.22. The smallest absolute Gasteiger partial charge is 0.182 e. The van der Waals surface area contributed by atoms with E-state index >= 15 is 0 Å². The Labute approximate surface area is 124 Å². The minimum absolute atomic E-state index is 0.102. The molecule has 0 N–H and O–H groups in total. The number of morpholine rings is 1. The van der Waals surface area contributed by atoms with Crippen LogP contribution in [0.5, 0.6) is 11.5 Å². The summed E-state index contributed by atoms with van der Waals surface area (Å²) in [6, 6.07) is 5.87. The van der Waals surface area contributed by atoms with Crippen LogP contribution in [0.25, 0.3) is 0 Å². The lowest BCUT2D eigenvalue weighted by Gasteiger charge is -2.35. The molecule has 0 aromatic heterocycles. The van der Waals surface area contributed by atoms with Crippen LogP contribution in [0, 0.1) is 12.0 Å². The van der Waals surface area contributed by atoms with Crippen molar-refractivity contribution in [2.24, 2.45) is 0 Å². The lowest BCUT2D eigenvalue weighted by atomic mass is 10.2. The predicted molar refractivity (Wildman–Crippen MR) is 82.7 cm³/mol. The van der Waals surface area contributed by atoms with E-state index in [1.54, 1.807) is 19.4 Å². The Morgan fingerprint density at radius 2 is 2.30 bits per heavy atom. The summed E-state index contributed by atoms with van der Waals surface area (Å²) < 4.78 is 16.1. The molecule has 1 heterocycles. The van der Waals surface area contributed by atoms with E-state index in [2.05, 4.69) is 16.9 Å².